The van der Waals surface area contributed by atoms with Crippen LogP contribution >= 0.6 is 15.3 Å². The number of hydrogen-bond donors (Lipinski definition) is 0. The molecule has 1 aliphatic carbocycles. The fourth-order valence-electron chi connectivity index (χ4n) is 7.41. The molecular weight excluding hydrogens is 624 g/mol. The second kappa shape index (κ2) is 10.8. The van der Waals surface area contributed by atoms with E-state index in [1.54, 1.807) is 0 Å². The zero-order valence-electron chi connectivity index (χ0n) is 29.3. The van der Waals surface area contributed by atoms with Crippen molar-refractivity contribution in [1.29, 1.82) is 0 Å². The Morgan fingerprint density at radius 1 is 0.535 bits per heavy atom. The van der Waals surface area contributed by atoms with E-state index in [0.717, 1.165) is 32.1 Å². The molecule has 4 nitrogen and oxygen atoms in total. The first-order valence-corrected chi connectivity index (χ1v) is 23.9. The summed E-state index contributed by atoms with van der Waals surface area (Å²) in [6.45, 7) is 30.9. The third-order valence-electron chi connectivity index (χ3n) is 8.84. The van der Waals surface area contributed by atoms with E-state index in [1.807, 2.05) is 0 Å². The van der Waals surface area contributed by atoms with Crippen molar-refractivity contribution >= 4 is 52.5 Å². The molecule has 0 spiro atoms. The van der Waals surface area contributed by atoms with E-state index >= 15 is 0 Å². The summed E-state index contributed by atoms with van der Waals surface area (Å²) in [5, 5.41) is 0. The average molecular weight is 684 g/mol. The topological polar surface area (TPSA) is 13.0 Å². The molecular formula is C36H59BrN4Si2. The Kier molecular flexibility index (Phi) is 8.29. The SMILES string of the molecule is CC(C)(C)CN1c2ccccc2N(CC(C)(C)C)[Si]1(Br)[Si]1(CC2CC2)N(CC(C)(C)C)c2ccccc2N1CC(C)(C)C. The number of nitrogens with zero attached hydrogens (tertiary/aromatic N) is 4. The summed E-state index contributed by atoms with van der Waals surface area (Å²) in [7, 11) is -2.56. The van der Waals surface area contributed by atoms with E-state index < -0.39 is 14.4 Å². The van der Waals surface area contributed by atoms with E-state index in [4.69, 9.17) is 15.3 Å². The number of anilines is 4. The van der Waals surface area contributed by atoms with Crippen LogP contribution in [0.15, 0.2) is 48.5 Å². The van der Waals surface area contributed by atoms with Gasteiger partial charge in [-0.3, -0.25) is 0 Å². The van der Waals surface area contributed by atoms with Crippen LogP contribution < -0.4 is 18.3 Å². The molecule has 3 aliphatic rings. The predicted molar refractivity (Wildman–Crippen MR) is 198 cm³/mol. The van der Waals surface area contributed by atoms with Crippen molar-refractivity contribution in [2.24, 2.45) is 27.6 Å². The highest BCUT2D eigenvalue weighted by atomic mass is 79.9. The fourth-order valence-corrected chi connectivity index (χ4v) is 32.4. The molecule has 238 valence electrons. The molecule has 0 unspecified atom stereocenters. The van der Waals surface area contributed by atoms with Crippen molar-refractivity contribution in [3.8, 4) is 0 Å². The van der Waals surface area contributed by atoms with Crippen molar-refractivity contribution in [3.63, 3.8) is 0 Å². The molecule has 2 heterocycles. The number of para-hydroxylation sites is 4. The van der Waals surface area contributed by atoms with Gasteiger partial charge >= 0.3 is 14.4 Å². The molecule has 0 N–H and O–H groups in total. The lowest BCUT2D eigenvalue weighted by atomic mass is 9.96. The summed E-state index contributed by atoms with van der Waals surface area (Å²) in [5.41, 5.74) is 6.47. The van der Waals surface area contributed by atoms with E-state index in [0.29, 0.717) is 0 Å². The summed E-state index contributed by atoms with van der Waals surface area (Å²) in [4.78, 5) is 0. The summed E-state index contributed by atoms with van der Waals surface area (Å²) in [5.74, 6) is 0.810. The zero-order valence-corrected chi connectivity index (χ0v) is 32.9. The molecule has 0 bridgehead atoms. The Bertz CT molecular complexity index is 1230. The Hall–Kier alpha value is -1.45. The molecule has 7 heteroatoms. The molecule has 0 amide bonds. The van der Waals surface area contributed by atoms with Crippen molar-refractivity contribution < 1.29 is 0 Å². The molecule has 2 aliphatic heterocycles. The lowest BCUT2D eigenvalue weighted by Crippen LogP contribution is -2.87. The van der Waals surface area contributed by atoms with Gasteiger partial charge in [-0.2, -0.15) is 0 Å². The number of rotatable bonds is 7. The average Bonchev–Trinajstić information content (AvgIpc) is 3.60. The van der Waals surface area contributed by atoms with Crippen molar-refractivity contribution in [1.82, 2.24) is 0 Å². The maximum atomic E-state index is 5.03. The van der Waals surface area contributed by atoms with Crippen LogP contribution in [0.5, 0.6) is 0 Å². The number of fused-ring (bicyclic) bond motifs is 2. The highest BCUT2D eigenvalue weighted by Gasteiger charge is 2.76. The molecule has 5 rings (SSSR count). The van der Waals surface area contributed by atoms with Gasteiger partial charge in [0.2, 0.25) is 0 Å². The van der Waals surface area contributed by atoms with Crippen molar-refractivity contribution in [2.75, 3.05) is 44.4 Å². The van der Waals surface area contributed by atoms with Crippen LogP contribution in [0.2, 0.25) is 6.04 Å². The van der Waals surface area contributed by atoms with Gasteiger partial charge in [0.25, 0.3) is 0 Å². The van der Waals surface area contributed by atoms with E-state index in [2.05, 4.69) is 150 Å². The largest absolute Gasteiger partial charge is 0.378 e. The standard InChI is InChI=1S/C36H59BrN4Si2/c1-33(2,3)24-38-29-17-13-14-18-30(29)39(25-34(4,5)6)42(38,23-28-21-22-28)43(37)40(26-35(7,8)9)31-19-15-16-20-32(31)41(43)27-36(10,11)12/h13-20,28H,21-27H2,1-12H3. The molecule has 43 heavy (non-hydrogen) atoms. The van der Waals surface area contributed by atoms with Gasteiger partial charge in [-0.05, 0) is 57.9 Å². The molecule has 0 atom stereocenters. The summed E-state index contributed by atoms with van der Waals surface area (Å²) in [6.07, 6.45) is 2.75. The van der Waals surface area contributed by atoms with Crippen LogP contribution in [-0.2, 0) is 0 Å². The van der Waals surface area contributed by atoms with Crippen molar-refractivity contribution in [2.45, 2.75) is 102 Å². The molecule has 2 aromatic rings. The summed E-state index contributed by atoms with van der Waals surface area (Å²) in [6, 6.07) is 20.2. The van der Waals surface area contributed by atoms with Gasteiger partial charge in [0.15, 0.2) is 0 Å². The molecule has 1 fully saturated rings. The second-order valence-corrected chi connectivity index (χ2v) is 34.0. The molecule has 1 saturated carbocycles. The van der Waals surface area contributed by atoms with Gasteiger partial charge in [0.05, 0.1) is 22.7 Å². The van der Waals surface area contributed by atoms with Gasteiger partial charge < -0.3 is 18.3 Å². The first-order chi connectivity index (χ1) is 19.7. The van der Waals surface area contributed by atoms with E-state index in [-0.39, 0.29) is 21.7 Å². The molecule has 0 radical (unpaired) electrons. The minimum atomic E-state index is -2.66. The quantitative estimate of drug-likeness (QED) is 0.213. The third-order valence-corrected chi connectivity index (χ3v) is 31.0. The molecule has 2 aromatic carbocycles. The maximum absolute atomic E-state index is 5.03. The fraction of sp³-hybridized carbons (Fsp3) is 0.667. The third kappa shape index (κ3) is 6.33. The Labute approximate surface area is 273 Å². The highest BCUT2D eigenvalue weighted by molar-refractivity contribution is 9.28. The smallest absolute Gasteiger partial charge is 0.369 e. The summed E-state index contributed by atoms with van der Waals surface area (Å²) < 4.78 is 12.1. The van der Waals surface area contributed by atoms with Gasteiger partial charge in [0.1, 0.15) is 0 Å². The van der Waals surface area contributed by atoms with Crippen LogP contribution in [-0.4, -0.2) is 40.6 Å². The second-order valence-electron chi connectivity index (χ2n) is 18.6. The number of hydrogen-bond acceptors (Lipinski definition) is 4. The summed E-state index contributed by atoms with van der Waals surface area (Å²) >= 11 is 5.03. The van der Waals surface area contributed by atoms with Crippen molar-refractivity contribution in [3.05, 3.63) is 48.5 Å². The first kappa shape index (κ1) is 32.9. The zero-order chi connectivity index (χ0) is 31.8. The maximum Gasteiger partial charge on any atom is 0.369 e. The van der Waals surface area contributed by atoms with Crippen LogP contribution in [0.3, 0.4) is 0 Å². The minimum absolute atomic E-state index is 0.154. The van der Waals surface area contributed by atoms with Gasteiger partial charge in [-0.15, -0.1) is 0 Å². The minimum Gasteiger partial charge on any atom is -0.378 e. The van der Waals surface area contributed by atoms with E-state index in [9.17, 15) is 0 Å². The Balaban J connectivity index is 1.89. The van der Waals surface area contributed by atoms with Crippen LogP contribution in [0.4, 0.5) is 22.7 Å². The monoisotopic (exact) mass is 682 g/mol. The van der Waals surface area contributed by atoms with Gasteiger partial charge in [0, 0.05) is 26.2 Å². The van der Waals surface area contributed by atoms with Crippen LogP contribution in [0.25, 0.3) is 0 Å². The Morgan fingerprint density at radius 3 is 1.09 bits per heavy atom. The number of halogens is 1. The van der Waals surface area contributed by atoms with Crippen LogP contribution in [0.1, 0.15) is 95.9 Å². The lowest BCUT2D eigenvalue weighted by Gasteiger charge is -2.58. The predicted octanol–water partition coefficient (Wildman–Crippen LogP) is 10.1. The van der Waals surface area contributed by atoms with Gasteiger partial charge in [-0.1, -0.05) is 135 Å². The number of benzene rings is 2. The highest BCUT2D eigenvalue weighted by Crippen LogP contribution is 2.60. The Morgan fingerprint density at radius 2 is 0.814 bits per heavy atom. The molecule has 0 saturated heterocycles. The lowest BCUT2D eigenvalue weighted by molar-refractivity contribution is 0.418. The molecule has 0 aromatic heterocycles. The van der Waals surface area contributed by atoms with E-state index in [1.165, 1.54) is 41.6 Å². The first-order valence-electron chi connectivity index (χ1n) is 16.6. The van der Waals surface area contributed by atoms with Gasteiger partial charge in [-0.25, -0.2) is 0 Å². The van der Waals surface area contributed by atoms with Crippen LogP contribution in [0, 0.1) is 27.6 Å². The normalized spacial score (nSPS) is 20.1.